The molecule has 1 fully saturated rings. The number of carbonyl (C=O) groups is 2. The Morgan fingerprint density at radius 1 is 1.20 bits per heavy atom. The summed E-state index contributed by atoms with van der Waals surface area (Å²) in [5.41, 5.74) is 2.02. The van der Waals surface area contributed by atoms with E-state index >= 15 is 0 Å². The van der Waals surface area contributed by atoms with Crippen molar-refractivity contribution in [1.29, 1.82) is 0 Å². The summed E-state index contributed by atoms with van der Waals surface area (Å²) in [5.74, 6) is -0.341. The molecule has 1 heterocycles. The molecule has 2 N–H and O–H groups in total. The molecule has 1 aromatic rings. The minimum absolute atomic E-state index is 0.0313. The number of nitrogens with one attached hydrogen (secondary N) is 2. The number of anilines is 1. The van der Waals surface area contributed by atoms with Crippen molar-refractivity contribution in [3.05, 3.63) is 29.8 Å². The lowest BCUT2D eigenvalue weighted by atomic mass is 10.0. The van der Waals surface area contributed by atoms with Gasteiger partial charge in [0.15, 0.2) is 0 Å². The number of piperidine rings is 1. The van der Waals surface area contributed by atoms with Gasteiger partial charge in [0.05, 0.1) is 0 Å². The first kappa shape index (κ1) is 19.4. The monoisotopic (exact) mass is 345 g/mol. The molecule has 0 radical (unpaired) electrons. The Morgan fingerprint density at radius 2 is 1.88 bits per heavy atom. The van der Waals surface area contributed by atoms with Crippen molar-refractivity contribution < 1.29 is 9.59 Å². The van der Waals surface area contributed by atoms with Crippen LogP contribution >= 0.6 is 0 Å². The van der Waals surface area contributed by atoms with Crippen LogP contribution in [-0.2, 0) is 16.1 Å². The third kappa shape index (κ3) is 5.85. The highest BCUT2D eigenvalue weighted by Gasteiger charge is 2.23. The Kier molecular flexibility index (Phi) is 7.00. The molecule has 0 bridgehead atoms. The van der Waals surface area contributed by atoms with Crippen LogP contribution in [0.15, 0.2) is 24.3 Å². The zero-order valence-corrected chi connectivity index (χ0v) is 15.8. The predicted molar refractivity (Wildman–Crippen MR) is 101 cm³/mol. The van der Waals surface area contributed by atoms with Gasteiger partial charge < -0.3 is 10.6 Å². The molecule has 138 valence electrons. The van der Waals surface area contributed by atoms with Crippen LogP contribution in [0.3, 0.4) is 0 Å². The summed E-state index contributed by atoms with van der Waals surface area (Å²) in [6.45, 7) is 9.68. The lowest BCUT2D eigenvalue weighted by Gasteiger charge is -2.33. The highest BCUT2D eigenvalue weighted by molar-refractivity contribution is 5.97. The maximum Gasteiger partial charge on any atom is 0.247 e. The molecular weight excluding hydrogens is 314 g/mol. The lowest BCUT2D eigenvalue weighted by molar-refractivity contribution is -0.126. The summed E-state index contributed by atoms with van der Waals surface area (Å²) in [6, 6.07) is 8.13. The fraction of sp³-hybridized carbons (Fsp3) is 0.600. The van der Waals surface area contributed by atoms with Crippen LogP contribution in [0.2, 0.25) is 0 Å². The van der Waals surface area contributed by atoms with E-state index in [0.717, 1.165) is 18.8 Å². The number of hydrogen-bond acceptors (Lipinski definition) is 3. The van der Waals surface area contributed by atoms with E-state index in [4.69, 9.17) is 0 Å². The number of benzene rings is 1. The molecule has 0 aliphatic carbocycles. The SMILES string of the molecule is CC(=O)N[C@@H](C(=O)Nc1ccc(CN2CCCC[C@@H]2C)cc1)C(C)C. The Hall–Kier alpha value is -1.88. The van der Waals surface area contributed by atoms with Gasteiger partial charge in [-0.1, -0.05) is 32.4 Å². The van der Waals surface area contributed by atoms with E-state index in [1.165, 1.54) is 31.7 Å². The van der Waals surface area contributed by atoms with Gasteiger partial charge in [-0.15, -0.1) is 0 Å². The maximum atomic E-state index is 12.4. The molecule has 0 unspecified atom stereocenters. The van der Waals surface area contributed by atoms with Gasteiger partial charge in [-0.25, -0.2) is 0 Å². The summed E-state index contributed by atoms with van der Waals surface area (Å²) in [4.78, 5) is 26.2. The lowest BCUT2D eigenvalue weighted by Crippen LogP contribution is -2.46. The fourth-order valence-electron chi connectivity index (χ4n) is 3.29. The van der Waals surface area contributed by atoms with Crippen molar-refractivity contribution in [2.75, 3.05) is 11.9 Å². The average Bonchev–Trinajstić information content (AvgIpc) is 2.56. The molecule has 5 nitrogen and oxygen atoms in total. The van der Waals surface area contributed by atoms with Gasteiger partial charge in [-0.2, -0.15) is 0 Å². The molecule has 5 heteroatoms. The zero-order chi connectivity index (χ0) is 18.4. The van der Waals surface area contributed by atoms with E-state index in [9.17, 15) is 9.59 Å². The normalized spacial score (nSPS) is 19.5. The van der Waals surface area contributed by atoms with Gasteiger partial charge in [0.25, 0.3) is 0 Å². The first-order valence-electron chi connectivity index (χ1n) is 9.27. The van der Waals surface area contributed by atoms with Crippen molar-refractivity contribution in [2.24, 2.45) is 5.92 Å². The van der Waals surface area contributed by atoms with Crippen molar-refractivity contribution in [1.82, 2.24) is 10.2 Å². The van der Waals surface area contributed by atoms with Gasteiger partial charge in [0.2, 0.25) is 11.8 Å². The number of amides is 2. The van der Waals surface area contributed by atoms with E-state index < -0.39 is 6.04 Å². The van der Waals surface area contributed by atoms with E-state index in [-0.39, 0.29) is 17.7 Å². The summed E-state index contributed by atoms with van der Waals surface area (Å²) in [7, 11) is 0. The quantitative estimate of drug-likeness (QED) is 0.832. The zero-order valence-electron chi connectivity index (χ0n) is 15.8. The van der Waals surface area contributed by atoms with Crippen LogP contribution in [0, 0.1) is 5.92 Å². The predicted octanol–water partition coefficient (Wildman–Crippen LogP) is 3.16. The van der Waals surface area contributed by atoms with Crippen LogP contribution in [0.4, 0.5) is 5.69 Å². The fourth-order valence-corrected chi connectivity index (χ4v) is 3.29. The van der Waals surface area contributed by atoms with Gasteiger partial charge >= 0.3 is 0 Å². The molecule has 2 atom stereocenters. The molecule has 0 spiro atoms. The summed E-state index contributed by atoms with van der Waals surface area (Å²) in [6.07, 6.45) is 3.88. The molecule has 1 aliphatic rings. The molecule has 1 aliphatic heterocycles. The molecule has 25 heavy (non-hydrogen) atoms. The number of carbonyl (C=O) groups excluding carboxylic acids is 2. The number of hydrogen-bond donors (Lipinski definition) is 2. The smallest absolute Gasteiger partial charge is 0.247 e. The Morgan fingerprint density at radius 3 is 2.44 bits per heavy atom. The molecule has 1 saturated heterocycles. The second-order valence-corrected chi connectivity index (χ2v) is 7.42. The minimum atomic E-state index is -0.522. The summed E-state index contributed by atoms with van der Waals surface area (Å²) >= 11 is 0. The van der Waals surface area contributed by atoms with Gasteiger partial charge in [0, 0.05) is 25.2 Å². The van der Waals surface area contributed by atoms with Gasteiger partial charge in [-0.3, -0.25) is 14.5 Å². The van der Waals surface area contributed by atoms with Crippen LogP contribution in [0.5, 0.6) is 0 Å². The van der Waals surface area contributed by atoms with Crippen LogP contribution in [0.25, 0.3) is 0 Å². The number of rotatable bonds is 6. The standard InChI is InChI=1S/C20H31N3O2/c1-14(2)19(21-16(4)24)20(25)22-18-10-8-17(9-11-18)13-23-12-6-5-7-15(23)3/h8-11,14-15,19H,5-7,12-13H2,1-4H3,(H,21,24)(H,22,25)/t15-,19+/m0/s1. The third-order valence-corrected chi connectivity index (χ3v) is 4.86. The van der Waals surface area contributed by atoms with Gasteiger partial charge in [-0.05, 0) is 49.9 Å². The Labute approximate surface area is 151 Å². The van der Waals surface area contributed by atoms with Crippen LogP contribution in [-0.4, -0.2) is 35.3 Å². The molecule has 0 saturated carbocycles. The molecule has 1 aromatic carbocycles. The molecule has 0 aromatic heterocycles. The van der Waals surface area contributed by atoms with Crippen molar-refractivity contribution in [3.63, 3.8) is 0 Å². The third-order valence-electron chi connectivity index (χ3n) is 4.86. The van der Waals surface area contributed by atoms with Gasteiger partial charge in [0.1, 0.15) is 6.04 Å². The largest absolute Gasteiger partial charge is 0.344 e. The second kappa shape index (κ2) is 8.99. The number of likely N-dealkylation sites (tertiary alicyclic amines) is 1. The molecule has 2 amide bonds. The second-order valence-electron chi connectivity index (χ2n) is 7.42. The molecule has 2 rings (SSSR count). The Bertz CT molecular complexity index is 583. The summed E-state index contributed by atoms with van der Waals surface area (Å²) < 4.78 is 0. The highest BCUT2D eigenvalue weighted by atomic mass is 16.2. The Balaban J connectivity index is 1.94. The maximum absolute atomic E-state index is 12.4. The van der Waals surface area contributed by atoms with E-state index in [2.05, 4.69) is 34.6 Å². The van der Waals surface area contributed by atoms with Crippen molar-refractivity contribution in [2.45, 2.75) is 65.6 Å². The van der Waals surface area contributed by atoms with E-state index in [0.29, 0.717) is 6.04 Å². The first-order valence-corrected chi connectivity index (χ1v) is 9.27. The van der Waals surface area contributed by atoms with Crippen molar-refractivity contribution >= 4 is 17.5 Å². The highest BCUT2D eigenvalue weighted by Crippen LogP contribution is 2.20. The van der Waals surface area contributed by atoms with E-state index in [1.54, 1.807) is 0 Å². The molecular formula is C20H31N3O2. The number of nitrogens with zero attached hydrogens (tertiary/aromatic N) is 1. The van der Waals surface area contributed by atoms with E-state index in [1.807, 2.05) is 26.0 Å². The topological polar surface area (TPSA) is 61.4 Å². The first-order chi connectivity index (χ1) is 11.9. The minimum Gasteiger partial charge on any atom is -0.344 e. The average molecular weight is 345 g/mol. The van der Waals surface area contributed by atoms with Crippen LogP contribution < -0.4 is 10.6 Å². The van der Waals surface area contributed by atoms with Crippen LogP contribution in [0.1, 0.15) is 52.5 Å². The summed E-state index contributed by atoms with van der Waals surface area (Å²) in [5, 5.41) is 5.61. The van der Waals surface area contributed by atoms with Crippen molar-refractivity contribution in [3.8, 4) is 0 Å².